The van der Waals surface area contributed by atoms with Crippen molar-refractivity contribution in [2.24, 2.45) is 0 Å². The third kappa shape index (κ3) is 3.78. The molecule has 0 radical (unpaired) electrons. The molecule has 0 saturated carbocycles. The van der Waals surface area contributed by atoms with Gasteiger partial charge in [-0.25, -0.2) is 9.97 Å². The lowest BCUT2D eigenvalue weighted by atomic mass is 10.1. The van der Waals surface area contributed by atoms with Crippen LogP contribution >= 0.6 is 0 Å². The molecule has 0 bridgehead atoms. The van der Waals surface area contributed by atoms with E-state index in [2.05, 4.69) is 40.5 Å². The highest BCUT2D eigenvalue weighted by atomic mass is 16.3. The number of aromatic nitrogens is 2. The fraction of sp³-hybridized carbons (Fsp3) is 0.176. The highest BCUT2D eigenvalue weighted by Crippen LogP contribution is 2.18. The Hall–Kier alpha value is -2.44. The van der Waals surface area contributed by atoms with Crippen molar-refractivity contribution in [2.75, 3.05) is 0 Å². The number of nitrogens with zero attached hydrogens (tertiary/aromatic N) is 2. The summed E-state index contributed by atoms with van der Waals surface area (Å²) in [6.45, 7) is 5.35. The summed E-state index contributed by atoms with van der Waals surface area (Å²) in [6.07, 6.45) is 3.69. The number of hydrogen-bond donors (Lipinski definition) is 1. The molecule has 100 valence electrons. The molecule has 1 atom stereocenters. The van der Waals surface area contributed by atoms with Crippen LogP contribution in [0.5, 0.6) is 0 Å². The number of benzene rings is 1. The summed E-state index contributed by atoms with van der Waals surface area (Å²) in [4.78, 5) is 8.48. The number of aliphatic hydroxyl groups is 1. The van der Waals surface area contributed by atoms with Gasteiger partial charge in [0.05, 0.1) is 5.69 Å². The van der Waals surface area contributed by atoms with Gasteiger partial charge in [-0.3, -0.25) is 0 Å². The Balaban J connectivity index is 2.34. The Kier molecular flexibility index (Phi) is 4.65. The van der Waals surface area contributed by atoms with Crippen LogP contribution in [0.4, 0.5) is 0 Å². The van der Waals surface area contributed by atoms with E-state index in [-0.39, 0.29) is 0 Å². The van der Waals surface area contributed by atoms with Crippen molar-refractivity contribution in [1.29, 1.82) is 0 Å². The Morgan fingerprint density at radius 2 is 2.25 bits per heavy atom. The molecule has 0 saturated heterocycles. The van der Waals surface area contributed by atoms with Crippen LogP contribution in [0.25, 0.3) is 11.3 Å². The topological polar surface area (TPSA) is 46.0 Å². The average molecular weight is 264 g/mol. The molecular formula is C17H16N2O. The van der Waals surface area contributed by atoms with Gasteiger partial charge < -0.3 is 5.11 Å². The molecule has 0 aliphatic rings. The molecule has 0 aliphatic carbocycles. The van der Waals surface area contributed by atoms with Crippen LogP contribution < -0.4 is 0 Å². The van der Waals surface area contributed by atoms with Gasteiger partial charge in [0.15, 0.2) is 0 Å². The van der Waals surface area contributed by atoms with Gasteiger partial charge in [-0.15, -0.1) is 6.58 Å². The first-order valence-corrected chi connectivity index (χ1v) is 6.42. The minimum absolute atomic E-state index is 0.414. The van der Waals surface area contributed by atoms with Crippen molar-refractivity contribution in [3.05, 3.63) is 60.6 Å². The molecule has 3 nitrogen and oxygen atoms in total. The average Bonchev–Trinajstić information content (AvgIpc) is 2.46. The van der Waals surface area contributed by atoms with E-state index >= 15 is 0 Å². The van der Waals surface area contributed by atoms with Crippen LogP contribution in [0.2, 0.25) is 0 Å². The van der Waals surface area contributed by atoms with E-state index in [1.807, 2.05) is 24.3 Å². The summed E-state index contributed by atoms with van der Waals surface area (Å²) in [5.41, 5.74) is 3.03. The third-order valence-electron chi connectivity index (χ3n) is 2.65. The fourth-order valence-electron chi connectivity index (χ4n) is 1.77. The lowest BCUT2D eigenvalue weighted by Crippen LogP contribution is -1.96. The van der Waals surface area contributed by atoms with Crippen LogP contribution in [0.3, 0.4) is 0 Å². The molecule has 1 aromatic heterocycles. The van der Waals surface area contributed by atoms with E-state index in [4.69, 9.17) is 5.11 Å². The molecule has 1 unspecified atom stereocenters. The van der Waals surface area contributed by atoms with Crippen LogP contribution in [0, 0.1) is 11.8 Å². The lowest BCUT2D eigenvalue weighted by molar-refractivity contribution is 0.253. The minimum atomic E-state index is -0.682. The summed E-state index contributed by atoms with van der Waals surface area (Å²) in [7, 11) is 0. The molecule has 2 aromatic rings. The second-order valence-electron chi connectivity index (χ2n) is 4.40. The van der Waals surface area contributed by atoms with Crippen LogP contribution in [-0.4, -0.2) is 21.2 Å². The quantitative estimate of drug-likeness (QED) is 0.684. The second-order valence-corrected chi connectivity index (χ2v) is 4.40. The number of aliphatic hydroxyl groups excluding tert-OH is 1. The lowest BCUT2D eigenvalue weighted by Gasteiger charge is -2.03. The molecule has 2 rings (SSSR count). The van der Waals surface area contributed by atoms with Gasteiger partial charge in [0.2, 0.25) is 5.82 Å². The van der Waals surface area contributed by atoms with Crippen LogP contribution in [-0.2, 0) is 6.42 Å². The van der Waals surface area contributed by atoms with Crippen molar-refractivity contribution < 1.29 is 5.11 Å². The Bertz CT molecular complexity index is 666. The molecule has 1 N–H and O–H groups in total. The second kappa shape index (κ2) is 6.65. The predicted molar refractivity (Wildman–Crippen MR) is 79.9 cm³/mol. The van der Waals surface area contributed by atoms with E-state index in [0.717, 1.165) is 17.7 Å². The summed E-state index contributed by atoms with van der Waals surface area (Å²) in [5, 5.41) is 9.16. The minimum Gasteiger partial charge on any atom is -0.381 e. The first-order chi connectivity index (χ1) is 9.69. The van der Waals surface area contributed by atoms with Gasteiger partial charge in [-0.1, -0.05) is 30.2 Å². The highest BCUT2D eigenvalue weighted by Gasteiger charge is 2.02. The summed E-state index contributed by atoms with van der Waals surface area (Å²) in [6, 6.07) is 9.98. The van der Waals surface area contributed by atoms with Crippen LogP contribution in [0.15, 0.2) is 49.2 Å². The monoisotopic (exact) mass is 264 g/mol. The zero-order valence-corrected chi connectivity index (χ0v) is 11.4. The molecule has 0 aliphatic heterocycles. The summed E-state index contributed by atoms with van der Waals surface area (Å²) >= 11 is 0. The normalized spacial score (nSPS) is 11.3. The zero-order chi connectivity index (χ0) is 14.4. The summed E-state index contributed by atoms with van der Waals surface area (Å²) in [5.74, 6) is 5.81. The molecule has 3 heteroatoms. The molecule has 0 spiro atoms. The molecular weight excluding hydrogens is 248 g/mol. The maximum absolute atomic E-state index is 9.16. The van der Waals surface area contributed by atoms with Gasteiger partial charge >= 0.3 is 0 Å². The van der Waals surface area contributed by atoms with Gasteiger partial charge in [-0.2, -0.15) is 0 Å². The van der Waals surface area contributed by atoms with E-state index in [1.54, 1.807) is 13.1 Å². The highest BCUT2D eigenvalue weighted by molar-refractivity contribution is 5.60. The standard InChI is InChI=1S/C17H16N2O/c1-3-5-14-6-4-7-15(12-14)16-10-11-18-17(19-16)9-8-13(2)20/h3-4,6-7,10-13,20H,1,5H2,2H3. The van der Waals surface area contributed by atoms with Crippen molar-refractivity contribution in [2.45, 2.75) is 19.4 Å². The van der Waals surface area contributed by atoms with E-state index in [9.17, 15) is 0 Å². The maximum Gasteiger partial charge on any atom is 0.205 e. The molecule has 0 amide bonds. The Morgan fingerprint density at radius 1 is 1.40 bits per heavy atom. The smallest absolute Gasteiger partial charge is 0.205 e. The van der Waals surface area contributed by atoms with Crippen molar-refractivity contribution in [3.63, 3.8) is 0 Å². The maximum atomic E-state index is 9.16. The number of allylic oxidation sites excluding steroid dienone is 1. The van der Waals surface area contributed by atoms with Crippen LogP contribution in [0.1, 0.15) is 18.3 Å². The van der Waals surface area contributed by atoms with E-state index < -0.39 is 6.10 Å². The first kappa shape index (κ1) is 14.0. The molecule has 1 heterocycles. The molecule has 1 aromatic carbocycles. The van der Waals surface area contributed by atoms with Crippen molar-refractivity contribution in [1.82, 2.24) is 9.97 Å². The van der Waals surface area contributed by atoms with Gasteiger partial charge in [0.25, 0.3) is 0 Å². The van der Waals surface area contributed by atoms with Crippen molar-refractivity contribution in [3.8, 4) is 23.1 Å². The number of hydrogen-bond acceptors (Lipinski definition) is 3. The number of rotatable bonds is 3. The fourth-order valence-corrected chi connectivity index (χ4v) is 1.77. The largest absolute Gasteiger partial charge is 0.381 e. The van der Waals surface area contributed by atoms with Crippen molar-refractivity contribution >= 4 is 0 Å². The van der Waals surface area contributed by atoms with E-state index in [0.29, 0.717) is 5.82 Å². The first-order valence-electron chi connectivity index (χ1n) is 6.42. The van der Waals surface area contributed by atoms with Gasteiger partial charge in [-0.05, 0) is 37.0 Å². The van der Waals surface area contributed by atoms with Gasteiger partial charge in [0, 0.05) is 11.8 Å². The summed E-state index contributed by atoms with van der Waals surface area (Å²) < 4.78 is 0. The van der Waals surface area contributed by atoms with Gasteiger partial charge in [0.1, 0.15) is 6.10 Å². The third-order valence-corrected chi connectivity index (χ3v) is 2.65. The Morgan fingerprint density at radius 3 is 3.00 bits per heavy atom. The Labute approximate surface area is 119 Å². The zero-order valence-electron chi connectivity index (χ0n) is 11.4. The van der Waals surface area contributed by atoms with E-state index in [1.165, 1.54) is 5.56 Å². The molecule has 0 fully saturated rings. The molecule has 20 heavy (non-hydrogen) atoms. The predicted octanol–water partition coefficient (Wildman–Crippen LogP) is 2.60. The SMILES string of the molecule is C=CCc1cccc(-c2ccnc(C#CC(C)O)n2)c1.